The van der Waals surface area contributed by atoms with E-state index in [9.17, 15) is 20.4 Å². The van der Waals surface area contributed by atoms with Gasteiger partial charge in [-0.25, -0.2) is 0 Å². The molecule has 1 fully saturated rings. The number of thioether (sulfide) groups is 1. The predicted molar refractivity (Wildman–Crippen MR) is 66.7 cm³/mol. The van der Waals surface area contributed by atoms with E-state index in [1.165, 1.54) is 11.8 Å². The molecule has 0 bridgehead atoms. The van der Waals surface area contributed by atoms with Crippen molar-refractivity contribution >= 4 is 11.8 Å². The quantitative estimate of drug-likeness (QED) is 0.423. The molecule has 0 aliphatic carbocycles. The lowest BCUT2D eigenvalue weighted by atomic mass is 10.0. The van der Waals surface area contributed by atoms with Gasteiger partial charge in [-0.2, -0.15) is 11.8 Å². The summed E-state index contributed by atoms with van der Waals surface area (Å²) in [6, 6.07) is 0. The number of ether oxygens (including phenoxy) is 3. The zero-order valence-corrected chi connectivity index (χ0v) is 11.6. The molecule has 114 valence electrons. The fourth-order valence-electron chi connectivity index (χ4n) is 1.62. The van der Waals surface area contributed by atoms with Crippen molar-refractivity contribution in [1.29, 1.82) is 0 Å². The highest BCUT2D eigenvalue weighted by molar-refractivity contribution is 7.99. The smallest absolute Gasteiger partial charge is 0.109 e. The Morgan fingerprint density at radius 2 is 1.84 bits per heavy atom. The Labute approximate surface area is 116 Å². The van der Waals surface area contributed by atoms with Crippen molar-refractivity contribution in [2.75, 3.05) is 38.4 Å². The second-order valence-electron chi connectivity index (χ2n) is 4.19. The Morgan fingerprint density at radius 3 is 2.53 bits per heavy atom. The summed E-state index contributed by atoms with van der Waals surface area (Å²) >= 11 is 1.44. The number of methoxy groups -OCH3 is 1. The molecule has 3 unspecified atom stereocenters. The van der Waals surface area contributed by atoms with Gasteiger partial charge in [0.05, 0.1) is 32.0 Å². The molecule has 1 rings (SSSR count). The predicted octanol–water partition coefficient (Wildman–Crippen LogP) is -2.45. The van der Waals surface area contributed by atoms with Crippen LogP contribution in [0.25, 0.3) is 0 Å². The molecule has 7 nitrogen and oxygen atoms in total. The van der Waals surface area contributed by atoms with Crippen molar-refractivity contribution < 1.29 is 34.6 Å². The maximum absolute atomic E-state index is 11.3. The van der Waals surface area contributed by atoms with Crippen molar-refractivity contribution in [3.05, 3.63) is 0 Å². The molecule has 3 N–H and O–H groups in total. The molecule has 0 amide bonds. The first-order chi connectivity index (χ1) is 9.07. The highest BCUT2D eigenvalue weighted by Gasteiger charge is 2.38. The van der Waals surface area contributed by atoms with Crippen molar-refractivity contribution in [2.24, 2.45) is 0 Å². The summed E-state index contributed by atoms with van der Waals surface area (Å²) in [6.07, 6.45) is -6.79. The number of hydrogen-bond acceptors (Lipinski definition) is 8. The molecule has 0 spiro atoms. The van der Waals surface area contributed by atoms with Gasteiger partial charge in [0.15, 0.2) is 0 Å². The van der Waals surface area contributed by atoms with Gasteiger partial charge in [0, 0.05) is 24.9 Å². The summed E-state index contributed by atoms with van der Waals surface area (Å²) in [5.41, 5.74) is 0. The van der Waals surface area contributed by atoms with Crippen LogP contribution >= 0.6 is 11.8 Å². The first-order valence-electron chi connectivity index (χ1n) is 6.07. The van der Waals surface area contributed by atoms with Crippen LogP contribution in [0.1, 0.15) is 0 Å². The molecule has 1 aliphatic heterocycles. The Bertz CT molecular complexity index is 243. The summed E-state index contributed by atoms with van der Waals surface area (Å²) in [7, 11) is 1.60. The summed E-state index contributed by atoms with van der Waals surface area (Å²) in [4.78, 5) is 0. The van der Waals surface area contributed by atoms with Crippen molar-refractivity contribution in [3.63, 3.8) is 0 Å². The maximum atomic E-state index is 11.3. The molecule has 0 aromatic carbocycles. The first-order valence-corrected chi connectivity index (χ1v) is 7.23. The molecule has 8 heteroatoms. The molecule has 1 heterocycles. The standard InChI is InChI=1S/C11H21O7S/c1-16-2-3-17-4-5-19-6-7-8(12)9(13)10(14)11(15)18-7/h7-14H,2-6H2,1H3/q-1/t7?,8-,9-,10?,11?/m0/s1. The first kappa shape index (κ1) is 17.1. The van der Waals surface area contributed by atoms with Crippen molar-refractivity contribution in [3.8, 4) is 0 Å². The zero-order chi connectivity index (χ0) is 14.3. The lowest BCUT2D eigenvalue weighted by molar-refractivity contribution is -0.530. The van der Waals surface area contributed by atoms with Gasteiger partial charge < -0.3 is 34.6 Å². The summed E-state index contributed by atoms with van der Waals surface area (Å²) in [5, 5.41) is 39.6. The van der Waals surface area contributed by atoms with Crippen LogP contribution in [0.3, 0.4) is 0 Å². The highest BCUT2D eigenvalue weighted by atomic mass is 32.2. The van der Waals surface area contributed by atoms with Crippen molar-refractivity contribution in [2.45, 2.75) is 30.7 Å². The summed E-state index contributed by atoms with van der Waals surface area (Å²) in [5.74, 6) is 1.04. The lowest BCUT2D eigenvalue weighted by Gasteiger charge is -2.43. The van der Waals surface area contributed by atoms with Gasteiger partial charge >= 0.3 is 0 Å². The van der Waals surface area contributed by atoms with E-state index >= 15 is 0 Å². The van der Waals surface area contributed by atoms with Gasteiger partial charge in [-0.1, -0.05) is 0 Å². The fraction of sp³-hybridized carbons (Fsp3) is 1.00. The molecule has 0 aromatic rings. The molecule has 1 saturated heterocycles. The van der Waals surface area contributed by atoms with Gasteiger partial charge in [0.2, 0.25) is 0 Å². The Balaban J connectivity index is 2.15. The topological polar surface area (TPSA) is 111 Å². The average molecular weight is 297 g/mol. The van der Waals surface area contributed by atoms with Gasteiger partial charge in [-0.15, -0.1) is 0 Å². The van der Waals surface area contributed by atoms with Crippen LogP contribution in [0.15, 0.2) is 0 Å². The van der Waals surface area contributed by atoms with Gasteiger partial charge in [-0.3, -0.25) is 0 Å². The van der Waals surface area contributed by atoms with Crippen LogP contribution in [-0.4, -0.2) is 84.5 Å². The molecule has 19 heavy (non-hydrogen) atoms. The van der Waals surface area contributed by atoms with E-state index in [4.69, 9.17) is 14.2 Å². The van der Waals surface area contributed by atoms with Gasteiger partial charge in [0.1, 0.15) is 12.2 Å². The van der Waals surface area contributed by atoms with Crippen LogP contribution in [0.2, 0.25) is 0 Å². The fourth-order valence-corrected chi connectivity index (χ4v) is 2.53. The van der Waals surface area contributed by atoms with E-state index in [1.807, 2.05) is 0 Å². The van der Waals surface area contributed by atoms with Crippen LogP contribution < -0.4 is 5.11 Å². The molecule has 0 saturated carbocycles. The Morgan fingerprint density at radius 1 is 1.11 bits per heavy atom. The SMILES string of the molecule is COCCOCCSCC1OC([O-])C(O)[C@@H](O)[C@H]1O. The number of aliphatic hydroxyl groups is 3. The van der Waals surface area contributed by atoms with E-state index in [0.717, 1.165) is 0 Å². The van der Waals surface area contributed by atoms with Crippen LogP contribution in [0.4, 0.5) is 0 Å². The summed E-state index contributed by atoms with van der Waals surface area (Å²) < 4.78 is 15.0. The number of rotatable bonds is 8. The van der Waals surface area contributed by atoms with E-state index in [2.05, 4.69) is 0 Å². The summed E-state index contributed by atoms with van der Waals surface area (Å²) in [6.45, 7) is 1.59. The minimum absolute atomic E-state index is 0.358. The largest absolute Gasteiger partial charge is 0.829 e. The molecule has 0 radical (unpaired) electrons. The molecular weight excluding hydrogens is 276 g/mol. The minimum atomic E-state index is -1.72. The average Bonchev–Trinajstić information content (AvgIpc) is 2.41. The molecule has 0 aromatic heterocycles. The zero-order valence-electron chi connectivity index (χ0n) is 10.8. The third-order valence-electron chi connectivity index (χ3n) is 2.75. The Kier molecular flexibility index (Phi) is 8.19. The highest BCUT2D eigenvalue weighted by Crippen LogP contribution is 2.21. The molecular formula is C11H21O7S-. The van der Waals surface area contributed by atoms with E-state index < -0.39 is 30.7 Å². The molecule has 5 atom stereocenters. The maximum Gasteiger partial charge on any atom is 0.109 e. The van der Waals surface area contributed by atoms with Gasteiger partial charge in [-0.05, 0) is 0 Å². The second kappa shape index (κ2) is 9.09. The van der Waals surface area contributed by atoms with E-state index in [1.54, 1.807) is 7.11 Å². The second-order valence-corrected chi connectivity index (χ2v) is 5.34. The number of aliphatic hydroxyl groups excluding tert-OH is 3. The molecule has 1 aliphatic rings. The van der Waals surface area contributed by atoms with Crippen LogP contribution in [0.5, 0.6) is 0 Å². The van der Waals surface area contributed by atoms with E-state index in [-0.39, 0.29) is 0 Å². The van der Waals surface area contributed by atoms with Crippen LogP contribution in [0, 0.1) is 0 Å². The monoisotopic (exact) mass is 297 g/mol. The number of hydrogen-bond donors (Lipinski definition) is 3. The normalized spacial score (nSPS) is 35.5. The lowest BCUT2D eigenvalue weighted by Crippen LogP contribution is -2.62. The minimum Gasteiger partial charge on any atom is -0.829 e. The third kappa shape index (κ3) is 5.52. The van der Waals surface area contributed by atoms with Crippen LogP contribution in [-0.2, 0) is 14.2 Å². The van der Waals surface area contributed by atoms with Crippen molar-refractivity contribution in [1.82, 2.24) is 0 Å². The van der Waals surface area contributed by atoms with E-state index in [0.29, 0.717) is 31.3 Å². The third-order valence-corrected chi connectivity index (χ3v) is 3.77. The Hall–Kier alpha value is 0.0700. The van der Waals surface area contributed by atoms with Gasteiger partial charge in [0.25, 0.3) is 0 Å².